The van der Waals surface area contributed by atoms with Gasteiger partial charge in [0.2, 0.25) is 5.55 Å². The SMILES string of the molecule is N=c1oc2c(Cl)cc(Cl)cc2cc1-c1nc(-c2ccccc2)cs1. The number of halogens is 2. The lowest BCUT2D eigenvalue weighted by Gasteiger charge is -2.03. The molecule has 0 atom stereocenters. The number of hydrogen-bond acceptors (Lipinski definition) is 4. The number of fused-ring (bicyclic) bond motifs is 1. The molecule has 0 fully saturated rings. The number of rotatable bonds is 2. The van der Waals surface area contributed by atoms with Gasteiger partial charge >= 0.3 is 0 Å². The van der Waals surface area contributed by atoms with Crippen molar-refractivity contribution in [2.75, 3.05) is 0 Å². The number of hydrogen-bond donors (Lipinski definition) is 1. The molecule has 0 unspecified atom stereocenters. The Bertz CT molecular complexity index is 1100. The fourth-order valence-corrected chi connectivity index (χ4v) is 3.86. The predicted octanol–water partition coefficient (Wildman–Crippen LogP) is 6.01. The highest BCUT2D eigenvalue weighted by Crippen LogP contribution is 2.32. The average molecular weight is 373 g/mol. The average Bonchev–Trinajstić information content (AvgIpc) is 3.06. The van der Waals surface area contributed by atoms with Crippen LogP contribution in [0.2, 0.25) is 10.0 Å². The lowest BCUT2D eigenvalue weighted by Crippen LogP contribution is -2.03. The van der Waals surface area contributed by atoms with Crippen LogP contribution in [0.1, 0.15) is 0 Å². The van der Waals surface area contributed by atoms with Gasteiger partial charge < -0.3 is 4.42 Å². The molecular formula is C18H10Cl2N2OS. The van der Waals surface area contributed by atoms with Crippen molar-refractivity contribution >= 4 is 45.5 Å². The van der Waals surface area contributed by atoms with Gasteiger partial charge in [-0.15, -0.1) is 11.3 Å². The Kier molecular flexibility index (Phi) is 3.88. The zero-order valence-electron chi connectivity index (χ0n) is 12.2. The summed E-state index contributed by atoms with van der Waals surface area (Å²) in [6.45, 7) is 0. The Morgan fingerprint density at radius 1 is 1.04 bits per heavy atom. The summed E-state index contributed by atoms with van der Waals surface area (Å²) >= 11 is 13.7. The lowest BCUT2D eigenvalue weighted by atomic mass is 10.1. The number of aromatic nitrogens is 1. The maximum atomic E-state index is 8.16. The summed E-state index contributed by atoms with van der Waals surface area (Å²) in [5.74, 6) is 0. The highest BCUT2D eigenvalue weighted by atomic mass is 35.5. The van der Waals surface area contributed by atoms with E-state index in [0.717, 1.165) is 21.7 Å². The Morgan fingerprint density at radius 3 is 2.62 bits per heavy atom. The fourth-order valence-electron chi connectivity index (χ4n) is 2.47. The van der Waals surface area contributed by atoms with Gasteiger partial charge in [0.15, 0.2) is 5.58 Å². The van der Waals surface area contributed by atoms with Crippen molar-refractivity contribution in [3.8, 4) is 21.8 Å². The molecule has 0 radical (unpaired) electrons. The normalized spacial score (nSPS) is 11.1. The van der Waals surface area contributed by atoms with E-state index in [9.17, 15) is 0 Å². The first-order valence-corrected chi connectivity index (χ1v) is 8.74. The van der Waals surface area contributed by atoms with Crippen molar-refractivity contribution in [1.82, 2.24) is 4.98 Å². The molecule has 2 aromatic heterocycles. The number of thiazole rings is 1. The molecule has 1 N–H and O–H groups in total. The van der Waals surface area contributed by atoms with Gasteiger partial charge in [0.05, 0.1) is 16.3 Å². The van der Waals surface area contributed by atoms with Crippen LogP contribution in [-0.2, 0) is 0 Å². The van der Waals surface area contributed by atoms with Gasteiger partial charge in [0, 0.05) is 21.4 Å². The molecule has 24 heavy (non-hydrogen) atoms. The molecule has 0 aliphatic heterocycles. The van der Waals surface area contributed by atoms with E-state index < -0.39 is 0 Å². The summed E-state index contributed by atoms with van der Waals surface area (Å²) in [5, 5.41) is 12.5. The fraction of sp³-hybridized carbons (Fsp3) is 0. The standard InChI is InChI=1S/C18H10Cl2N2OS/c19-12-6-11-7-13(17(21)23-16(11)14(20)8-12)18-22-15(9-24-18)10-4-2-1-3-5-10/h1-9,21H. The second-order valence-corrected chi connectivity index (χ2v) is 6.90. The summed E-state index contributed by atoms with van der Waals surface area (Å²) in [6, 6.07) is 15.1. The molecule has 0 aliphatic carbocycles. The summed E-state index contributed by atoms with van der Waals surface area (Å²) in [4.78, 5) is 4.64. The van der Waals surface area contributed by atoms with E-state index in [1.54, 1.807) is 12.1 Å². The van der Waals surface area contributed by atoms with Gasteiger partial charge in [-0.1, -0.05) is 53.5 Å². The molecule has 3 nitrogen and oxygen atoms in total. The maximum Gasteiger partial charge on any atom is 0.222 e. The van der Waals surface area contributed by atoms with E-state index in [4.69, 9.17) is 33.0 Å². The van der Waals surface area contributed by atoms with Crippen LogP contribution in [0.4, 0.5) is 0 Å². The summed E-state index contributed by atoms with van der Waals surface area (Å²) in [7, 11) is 0. The van der Waals surface area contributed by atoms with Gasteiger partial charge in [-0.25, -0.2) is 4.98 Å². The van der Waals surface area contributed by atoms with Crippen LogP contribution < -0.4 is 5.55 Å². The smallest absolute Gasteiger partial charge is 0.222 e. The van der Waals surface area contributed by atoms with Crippen LogP contribution in [0, 0.1) is 5.41 Å². The molecule has 2 heterocycles. The van der Waals surface area contributed by atoms with Crippen LogP contribution in [0.15, 0.2) is 58.3 Å². The van der Waals surface area contributed by atoms with Gasteiger partial charge in [0.25, 0.3) is 0 Å². The summed E-state index contributed by atoms with van der Waals surface area (Å²) < 4.78 is 5.59. The van der Waals surface area contributed by atoms with Crippen molar-refractivity contribution in [3.05, 3.63) is 69.5 Å². The third-order valence-corrected chi connectivity index (χ3v) is 4.96. The maximum absolute atomic E-state index is 8.16. The number of benzene rings is 2. The van der Waals surface area contributed by atoms with Gasteiger partial charge in [-0.05, 0) is 18.2 Å². The molecule has 2 aromatic carbocycles. The molecule has 0 saturated heterocycles. The minimum atomic E-state index is 0.0284. The molecule has 4 aromatic rings. The summed E-state index contributed by atoms with van der Waals surface area (Å²) in [6.07, 6.45) is 0. The van der Waals surface area contributed by atoms with Gasteiger partial charge in [0.1, 0.15) is 5.01 Å². The lowest BCUT2D eigenvalue weighted by molar-refractivity contribution is 0.536. The second kappa shape index (κ2) is 6.06. The van der Waals surface area contributed by atoms with E-state index in [-0.39, 0.29) is 5.55 Å². The first kappa shape index (κ1) is 15.4. The second-order valence-electron chi connectivity index (χ2n) is 5.20. The van der Waals surface area contributed by atoms with E-state index in [2.05, 4.69) is 4.98 Å². The van der Waals surface area contributed by atoms with Crippen LogP contribution in [0.3, 0.4) is 0 Å². The van der Waals surface area contributed by atoms with Crippen molar-refractivity contribution < 1.29 is 4.42 Å². The van der Waals surface area contributed by atoms with Gasteiger partial charge in [-0.3, -0.25) is 5.41 Å². The highest BCUT2D eigenvalue weighted by Gasteiger charge is 2.13. The Hall–Kier alpha value is -2.14. The minimum Gasteiger partial charge on any atom is -0.437 e. The molecule has 0 aliphatic rings. The van der Waals surface area contributed by atoms with Crippen molar-refractivity contribution in [3.63, 3.8) is 0 Å². The molecule has 6 heteroatoms. The van der Waals surface area contributed by atoms with Crippen LogP contribution in [0.5, 0.6) is 0 Å². The van der Waals surface area contributed by atoms with Crippen LogP contribution in [0.25, 0.3) is 32.8 Å². The Balaban J connectivity index is 1.87. The van der Waals surface area contributed by atoms with E-state index >= 15 is 0 Å². The zero-order chi connectivity index (χ0) is 16.7. The first-order valence-electron chi connectivity index (χ1n) is 7.10. The van der Waals surface area contributed by atoms with Crippen molar-refractivity contribution in [2.45, 2.75) is 0 Å². The van der Waals surface area contributed by atoms with Crippen molar-refractivity contribution in [2.24, 2.45) is 0 Å². The monoisotopic (exact) mass is 372 g/mol. The first-order chi connectivity index (χ1) is 11.6. The van der Waals surface area contributed by atoms with E-state index in [0.29, 0.717) is 21.2 Å². The number of nitrogens with zero attached hydrogens (tertiary/aromatic N) is 1. The molecule has 0 spiro atoms. The van der Waals surface area contributed by atoms with Crippen LogP contribution in [-0.4, -0.2) is 4.98 Å². The quantitative estimate of drug-likeness (QED) is 0.468. The molecule has 118 valence electrons. The topological polar surface area (TPSA) is 49.9 Å². The largest absolute Gasteiger partial charge is 0.437 e. The van der Waals surface area contributed by atoms with E-state index in [1.807, 2.05) is 41.8 Å². The third-order valence-electron chi connectivity index (χ3n) is 3.59. The molecule has 0 saturated carbocycles. The minimum absolute atomic E-state index is 0.0284. The van der Waals surface area contributed by atoms with E-state index in [1.165, 1.54) is 11.3 Å². The summed E-state index contributed by atoms with van der Waals surface area (Å²) in [5.41, 5.74) is 3.01. The third kappa shape index (κ3) is 2.73. The Labute approximate surface area is 151 Å². The molecular weight excluding hydrogens is 363 g/mol. The zero-order valence-corrected chi connectivity index (χ0v) is 14.5. The molecule has 4 rings (SSSR count). The molecule has 0 bridgehead atoms. The molecule has 0 amide bonds. The highest BCUT2D eigenvalue weighted by molar-refractivity contribution is 7.13. The van der Waals surface area contributed by atoms with Crippen LogP contribution >= 0.6 is 34.5 Å². The Morgan fingerprint density at radius 2 is 1.83 bits per heavy atom. The van der Waals surface area contributed by atoms with Crippen molar-refractivity contribution in [1.29, 1.82) is 5.41 Å². The number of nitrogens with one attached hydrogen (secondary N) is 1. The predicted molar refractivity (Wildman–Crippen MR) is 98.6 cm³/mol. The van der Waals surface area contributed by atoms with Gasteiger partial charge in [-0.2, -0.15) is 0 Å².